The third-order valence-corrected chi connectivity index (χ3v) is 6.64. The molecule has 0 atom stereocenters. The van der Waals surface area contributed by atoms with Crippen molar-refractivity contribution in [2.45, 2.75) is 32.5 Å². The second-order valence-electron chi connectivity index (χ2n) is 9.89. The Balaban J connectivity index is 1.53. The van der Waals surface area contributed by atoms with Gasteiger partial charge in [0.25, 0.3) is 0 Å². The number of carbonyl (C=O) groups is 1. The molecule has 0 aliphatic carbocycles. The van der Waals surface area contributed by atoms with Crippen molar-refractivity contribution < 1.29 is 22.7 Å². The summed E-state index contributed by atoms with van der Waals surface area (Å²) in [7, 11) is 3.91. The quantitative estimate of drug-likeness (QED) is 0.201. The number of rotatable bonds is 10. The fourth-order valence-electron chi connectivity index (χ4n) is 4.14. The summed E-state index contributed by atoms with van der Waals surface area (Å²) in [5, 5.41) is 16.9. The lowest BCUT2D eigenvalue weighted by molar-refractivity contribution is -0.137. The number of halogens is 4. The number of nitriles is 1. The van der Waals surface area contributed by atoms with Gasteiger partial charge in [0, 0.05) is 35.6 Å². The van der Waals surface area contributed by atoms with E-state index in [1.54, 1.807) is 24.3 Å². The van der Waals surface area contributed by atoms with Gasteiger partial charge in [-0.2, -0.15) is 18.4 Å². The number of ether oxygens (including phenoxy) is 1. The largest absolute Gasteiger partial charge is 0.486 e. The summed E-state index contributed by atoms with van der Waals surface area (Å²) in [6.45, 7) is 2.59. The van der Waals surface area contributed by atoms with Gasteiger partial charge in [-0.3, -0.25) is 14.8 Å². The van der Waals surface area contributed by atoms with E-state index in [0.717, 1.165) is 30.8 Å². The predicted octanol–water partition coefficient (Wildman–Crippen LogP) is 7.09. The van der Waals surface area contributed by atoms with Crippen molar-refractivity contribution in [2.24, 2.45) is 0 Å². The number of amides is 1. The van der Waals surface area contributed by atoms with Crippen molar-refractivity contribution in [1.82, 2.24) is 14.9 Å². The molecule has 1 amide bonds. The minimum atomic E-state index is -4.47. The molecule has 0 fully saturated rings. The zero-order valence-electron chi connectivity index (χ0n) is 23.1. The molecule has 2 heterocycles. The molecular formula is C30H28ClF3N6O2. The van der Waals surface area contributed by atoms with E-state index < -0.39 is 11.7 Å². The Morgan fingerprint density at radius 1 is 1.12 bits per heavy atom. The summed E-state index contributed by atoms with van der Waals surface area (Å²) in [5.74, 6) is 0.200. The van der Waals surface area contributed by atoms with Gasteiger partial charge in [0.15, 0.2) is 0 Å². The number of benzene rings is 2. The van der Waals surface area contributed by atoms with Gasteiger partial charge in [-0.15, -0.1) is 0 Å². The number of nitrogens with zero attached hydrogens (tertiary/aromatic N) is 4. The average molecular weight is 597 g/mol. The first kappa shape index (κ1) is 30.6. The van der Waals surface area contributed by atoms with Crippen molar-refractivity contribution >= 4 is 45.5 Å². The van der Waals surface area contributed by atoms with E-state index in [1.165, 1.54) is 12.3 Å². The average Bonchev–Trinajstić information content (AvgIpc) is 2.93. The summed E-state index contributed by atoms with van der Waals surface area (Å²) >= 11 is 6.44. The molecule has 4 rings (SSSR count). The van der Waals surface area contributed by atoms with Crippen LogP contribution in [0, 0.1) is 18.3 Å². The van der Waals surface area contributed by atoms with Gasteiger partial charge in [-0.05, 0) is 82.0 Å². The Kier molecular flexibility index (Phi) is 9.50. The van der Waals surface area contributed by atoms with E-state index in [9.17, 15) is 23.2 Å². The Morgan fingerprint density at radius 3 is 2.55 bits per heavy atom. The molecule has 0 saturated heterocycles. The topological polar surface area (TPSA) is 103 Å². The predicted molar refractivity (Wildman–Crippen MR) is 156 cm³/mol. The number of anilines is 3. The maximum absolute atomic E-state index is 12.8. The zero-order valence-corrected chi connectivity index (χ0v) is 23.9. The highest BCUT2D eigenvalue weighted by molar-refractivity contribution is 6.32. The maximum Gasteiger partial charge on any atom is 0.417 e. The number of pyridine rings is 2. The van der Waals surface area contributed by atoms with Crippen LogP contribution < -0.4 is 15.4 Å². The molecule has 0 saturated carbocycles. The molecule has 0 aliphatic rings. The number of nitrogens with one attached hydrogen (secondary N) is 2. The fourth-order valence-corrected chi connectivity index (χ4v) is 4.37. The Bertz CT molecular complexity index is 1640. The maximum atomic E-state index is 12.8. The minimum Gasteiger partial charge on any atom is -0.486 e. The van der Waals surface area contributed by atoms with Crippen LogP contribution in [0.5, 0.6) is 5.75 Å². The van der Waals surface area contributed by atoms with Crippen LogP contribution >= 0.6 is 11.6 Å². The number of alkyl halides is 3. The first-order valence-corrected chi connectivity index (χ1v) is 13.3. The van der Waals surface area contributed by atoms with Crippen molar-refractivity contribution in [3.63, 3.8) is 0 Å². The highest BCUT2D eigenvalue weighted by Gasteiger charge is 2.30. The van der Waals surface area contributed by atoms with Crippen LogP contribution in [0.3, 0.4) is 0 Å². The van der Waals surface area contributed by atoms with E-state index in [2.05, 4.69) is 26.7 Å². The Hall–Kier alpha value is -4.40. The monoisotopic (exact) mass is 596 g/mol. The molecule has 2 aromatic heterocycles. The van der Waals surface area contributed by atoms with Crippen molar-refractivity contribution in [3.8, 4) is 11.8 Å². The molecule has 12 heteroatoms. The van der Waals surface area contributed by atoms with Crippen LogP contribution in [0.4, 0.5) is 30.2 Å². The first-order chi connectivity index (χ1) is 19.9. The van der Waals surface area contributed by atoms with Gasteiger partial charge in [0.05, 0.1) is 33.0 Å². The molecule has 42 heavy (non-hydrogen) atoms. The minimum absolute atomic E-state index is 0.0821. The number of aryl methyl sites for hydroxylation is 1. The molecule has 2 aromatic carbocycles. The van der Waals surface area contributed by atoms with E-state index in [-0.39, 0.29) is 17.5 Å². The van der Waals surface area contributed by atoms with E-state index in [4.69, 9.17) is 16.3 Å². The van der Waals surface area contributed by atoms with E-state index in [1.807, 2.05) is 32.0 Å². The van der Waals surface area contributed by atoms with E-state index >= 15 is 0 Å². The van der Waals surface area contributed by atoms with Crippen LogP contribution in [-0.2, 0) is 17.6 Å². The normalized spacial score (nSPS) is 11.4. The third-order valence-electron chi connectivity index (χ3n) is 6.35. The lowest BCUT2D eigenvalue weighted by Gasteiger charge is -2.16. The van der Waals surface area contributed by atoms with Crippen molar-refractivity contribution in [1.29, 1.82) is 5.26 Å². The summed E-state index contributed by atoms with van der Waals surface area (Å²) in [6.07, 6.45) is -1.15. The SMILES string of the molecule is Cc1cc2ncc(C#N)c(Nc3ccc(OCc4ccc(C(F)(F)F)cn4)c(Cl)c3)c2cc1NC(=O)CCCN(C)C. The van der Waals surface area contributed by atoms with Crippen LogP contribution in [0.25, 0.3) is 10.9 Å². The smallest absolute Gasteiger partial charge is 0.417 e. The third kappa shape index (κ3) is 7.66. The van der Waals surface area contributed by atoms with Gasteiger partial charge >= 0.3 is 6.18 Å². The highest BCUT2D eigenvalue weighted by Crippen LogP contribution is 2.35. The summed E-state index contributed by atoms with van der Waals surface area (Å²) in [4.78, 5) is 22.8. The highest BCUT2D eigenvalue weighted by atomic mass is 35.5. The van der Waals surface area contributed by atoms with Gasteiger partial charge in [0.2, 0.25) is 5.91 Å². The number of hydrogen-bond donors (Lipinski definition) is 2. The molecule has 0 radical (unpaired) electrons. The van der Waals surface area contributed by atoms with Crippen LogP contribution in [0.15, 0.2) is 54.9 Å². The summed E-state index contributed by atoms with van der Waals surface area (Å²) in [6, 6.07) is 12.9. The molecule has 0 aliphatic heterocycles. The van der Waals surface area contributed by atoms with Gasteiger partial charge in [-0.25, -0.2) is 0 Å². The number of hydrogen-bond acceptors (Lipinski definition) is 7. The second kappa shape index (κ2) is 13.1. The molecule has 0 unspecified atom stereocenters. The molecule has 0 spiro atoms. The summed E-state index contributed by atoms with van der Waals surface area (Å²) in [5.41, 5.74) is 2.88. The Morgan fingerprint density at radius 2 is 1.90 bits per heavy atom. The molecule has 4 aromatic rings. The van der Waals surface area contributed by atoms with Gasteiger partial charge < -0.3 is 20.3 Å². The Labute approximate surface area is 246 Å². The van der Waals surface area contributed by atoms with Crippen LogP contribution in [0.2, 0.25) is 5.02 Å². The lowest BCUT2D eigenvalue weighted by Crippen LogP contribution is -2.17. The van der Waals surface area contributed by atoms with Crippen LogP contribution in [-0.4, -0.2) is 41.4 Å². The number of carbonyl (C=O) groups excluding carboxylic acids is 1. The van der Waals surface area contributed by atoms with Gasteiger partial charge in [-0.1, -0.05) is 11.6 Å². The lowest BCUT2D eigenvalue weighted by atomic mass is 10.0. The standard InChI is InChI=1S/C30H28ClF3N6O2/c1-18-11-26-23(13-25(18)39-28(41)5-4-10-40(2)3)29(19(14-35)15-37-26)38-21-8-9-27(24(31)12-21)42-17-22-7-6-20(16-36-22)30(32,33)34/h6-9,11-13,15-16H,4-5,10,17H2,1-3H3,(H,37,38)(H,39,41). The number of fused-ring (bicyclic) bond motifs is 1. The first-order valence-electron chi connectivity index (χ1n) is 12.9. The molecule has 218 valence electrons. The number of aromatic nitrogens is 2. The van der Waals surface area contributed by atoms with E-state index in [0.29, 0.717) is 51.4 Å². The van der Waals surface area contributed by atoms with Gasteiger partial charge in [0.1, 0.15) is 18.4 Å². The fraction of sp³-hybridized carbons (Fsp3) is 0.267. The van der Waals surface area contributed by atoms with Crippen molar-refractivity contribution in [3.05, 3.63) is 82.3 Å². The zero-order chi connectivity index (χ0) is 30.4. The molecular weight excluding hydrogens is 569 g/mol. The molecule has 2 N–H and O–H groups in total. The second-order valence-corrected chi connectivity index (χ2v) is 10.3. The summed E-state index contributed by atoms with van der Waals surface area (Å²) < 4.78 is 44.0. The molecule has 0 bridgehead atoms. The molecule has 8 nitrogen and oxygen atoms in total. The van der Waals surface area contributed by atoms with Crippen LogP contribution in [0.1, 0.15) is 35.2 Å². The van der Waals surface area contributed by atoms with Crippen molar-refractivity contribution in [2.75, 3.05) is 31.3 Å².